The van der Waals surface area contributed by atoms with Crippen molar-refractivity contribution < 1.29 is 4.79 Å². The molecule has 4 rings (SSSR count). The third-order valence-corrected chi connectivity index (χ3v) is 5.16. The Morgan fingerprint density at radius 2 is 1.75 bits per heavy atom. The molecule has 0 bridgehead atoms. The highest BCUT2D eigenvalue weighted by molar-refractivity contribution is 7.09. The van der Waals surface area contributed by atoms with Gasteiger partial charge in [0.05, 0.1) is 16.4 Å². The Kier molecular flexibility index (Phi) is 5.58. The van der Waals surface area contributed by atoms with Crippen molar-refractivity contribution in [3.05, 3.63) is 100 Å². The molecular weight excluding hydrogens is 368 g/mol. The maximum Gasteiger partial charge on any atom is 0.270 e. The van der Waals surface area contributed by atoms with E-state index in [1.807, 2.05) is 70.9 Å². The van der Waals surface area contributed by atoms with Gasteiger partial charge >= 0.3 is 0 Å². The van der Waals surface area contributed by atoms with Crippen LogP contribution in [0.25, 0.3) is 5.69 Å². The average molecular weight is 388 g/mol. The molecule has 1 N–H and O–H groups in total. The van der Waals surface area contributed by atoms with Crippen LogP contribution in [0.3, 0.4) is 0 Å². The van der Waals surface area contributed by atoms with E-state index in [1.165, 1.54) is 16.9 Å². The summed E-state index contributed by atoms with van der Waals surface area (Å²) >= 11 is 1.52. The molecule has 140 valence electrons. The Balaban J connectivity index is 1.29. The maximum absolute atomic E-state index is 12.3. The van der Waals surface area contributed by atoms with Crippen molar-refractivity contribution in [3.63, 3.8) is 0 Å². The van der Waals surface area contributed by atoms with Crippen molar-refractivity contribution in [2.75, 3.05) is 6.54 Å². The first-order valence-corrected chi connectivity index (χ1v) is 10.0. The smallest absolute Gasteiger partial charge is 0.270 e. The quantitative estimate of drug-likeness (QED) is 0.522. The van der Waals surface area contributed by atoms with Crippen LogP contribution < -0.4 is 5.32 Å². The molecule has 0 radical (unpaired) electrons. The van der Waals surface area contributed by atoms with Gasteiger partial charge in [-0.3, -0.25) is 4.79 Å². The molecule has 28 heavy (non-hydrogen) atoms. The normalized spacial score (nSPS) is 10.7. The number of carbonyl (C=O) groups is 1. The Labute approximate surface area is 167 Å². The number of carbonyl (C=O) groups excluding carboxylic acids is 1. The van der Waals surface area contributed by atoms with Crippen molar-refractivity contribution >= 4 is 17.2 Å². The summed E-state index contributed by atoms with van der Waals surface area (Å²) in [5.41, 5.74) is 3.63. The molecule has 2 aromatic carbocycles. The molecule has 0 saturated carbocycles. The number of nitrogens with zero attached hydrogens (tertiary/aromatic N) is 3. The highest BCUT2D eigenvalue weighted by Gasteiger charge is 2.11. The second-order valence-electron chi connectivity index (χ2n) is 6.38. The lowest BCUT2D eigenvalue weighted by molar-refractivity contribution is 0.0949. The number of hydrogen-bond donors (Lipinski definition) is 1. The highest BCUT2D eigenvalue weighted by atomic mass is 32.1. The molecule has 6 heteroatoms. The molecule has 0 spiro atoms. The number of nitrogens with one attached hydrogen (secondary N) is 1. The topological polar surface area (TPSA) is 59.8 Å². The largest absolute Gasteiger partial charge is 0.350 e. The van der Waals surface area contributed by atoms with Crippen molar-refractivity contribution in [2.24, 2.45) is 0 Å². The van der Waals surface area contributed by atoms with Crippen LogP contribution in [0.4, 0.5) is 0 Å². The zero-order chi connectivity index (χ0) is 19.2. The molecule has 0 unspecified atom stereocenters. The molecule has 0 atom stereocenters. The molecule has 1 amide bonds. The number of aromatic nitrogens is 3. The summed E-state index contributed by atoms with van der Waals surface area (Å²) in [6, 6.07) is 22.1. The van der Waals surface area contributed by atoms with Crippen LogP contribution in [-0.2, 0) is 12.8 Å². The third kappa shape index (κ3) is 4.53. The Morgan fingerprint density at radius 3 is 2.54 bits per heavy atom. The van der Waals surface area contributed by atoms with Gasteiger partial charge in [0.15, 0.2) is 0 Å². The zero-order valence-corrected chi connectivity index (χ0v) is 16.1. The van der Waals surface area contributed by atoms with Crippen LogP contribution >= 0.6 is 11.3 Å². The van der Waals surface area contributed by atoms with Gasteiger partial charge in [0.2, 0.25) is 0 Å². The second kappa shape index (κ2) is 8.63. The van der Waals surface area contributed by atoms with Crippen LogP contribution in [0.1, 0.15) is 26.8 Å². The average Bonchev–Trinajstić information content (AvgIpc) is 3.39. The molecule has 0 fully saturated rings. The molecule has 5 nitrogen and oxygen atoms in total. The number of para-hydroxylation sites is 1. The Bertz CT molecular complexity index is 1040. The first-order chi connectivity index (χ1) is 13.8. The van der Waals surface area contributed by atoms with E-state index >= 15 is 0 Å². The first-order valence-electron chi connectivity index (χ1n) is 9.14. The van der Waals surface area contributed by atoms with Crippen molar-refractivity contribution in [2.45, 2.75) is 12.8 Å². The van der Waals surface area contributed by atoms with Gasteiger partial charge in [-0.1, -0.05) is 48.5 Å². The van der Waals surface area contributed by atoms with Gasteiger partial charge in [0.25, 0.3) is 5.91 Å². The summed E-state index contributed by atoms with van der Waals surface area (Å²) in [5, 5.41) is 10.2. The number of thiazole rings is 1. The minimum absolute atomic E-state index is 0.141. The summed E-state index contributed by atoms with van der Waals surface area (Å²) in [7, 11) is 0. The summed E-state index contributed by atoms with van der Waals surface area (Å²) in [6.45, 7) is 0.524. The SMILES string of the molecule is O=C(NCCc1ccn(-c2ccccc2)n1)c1csc(Cc2ccccc2)n1. The fraction of sp³-hybridized carbons (Fsp3) is 0.136. The summed E-state index contributed by atoms with van der Waals surface area (Å²) < 4.78 is 1.84. The van der Waals surface area contributed by atoms with E-state index in [4.69, 9.17) is 0 Å². The van der Waals surface area contributed by atoms with Crippen molar-refractivity contribution in [3.8, 4) is 5.69 Å². The summed E-state index contributed by atoms with van der Waals surface area (Å²) in [5.74, 6) is -0.141. The van der Waals surface area contributed by atoms with Crippen LogP contribution in [0.15, 0.2) is 78.3 Å². The second-order valence-corrected chi connectivity index (χ2v) is 7.32. The van der Waals surface area contributed by atoms with E-state index in [9.17, 15) is 4.79 Å². The Morgan fingerprint density at radius 1 is 1.00 bits per heavy atom. The summed E-state index contributed by atoms with van der Waals surface area (Å²) in [6.07, 6.45) is 3.35. The molecular formula is C22H20N4OS. The maximum atomic E-state index is 12.3. The third-order valence-electron chi connectivity index (χ3n) is 4.31. The molecule has 2 heterocycles. The van der Waals surface area contributed by atoms with E-state index in [2.05, 4.69) is 27.5 Å². The van der Waals surface area contributed by atoms with Gasteiger partial charge in [0.1, 0.15) is 5.69 Å². The molecule has 0 aliphatic carbocycles. The molecule has 4 aromatic rings. The predicted molar refractivity (Wildman–Crippen MR) is 111 cm³/mol. The van der Waals surface area contributed by atoms with Gasteiger partial charge in [-0.05, 0) is 23.8 Å². The lowest BCUT2D eigenvalue weighted by atomic mass is 10.2. The van der Waals surface area contributed by atoms with E-state index in [0.717, 1.165) is 22.8 Å². The molecule has 0 aliphatic rings. The van der Waals surface area contributed by atoms with E-state index in [1.54, 1.807) is 0 Å². The van der Waals surface area contributed by atoms with E-state index < -0.39 is 0 Å². The minimum Gasteiger partial charge on any atom is -0.350 e. The lowest BCUT2D eigenvalue weighted by Crippen LogP contribution is -2.26. The monoisotopic (exact) mass is 388 g/mol. The summed E-state index contributed by atoms with van der Waals surface area (Å²) in [4.78, 5) is 16.8. The minimum atomic E-state index is -0.141. The number of amides is 1. The van der Waals surface area contributed by atoms with Gasteiger partial charge in [-0.2, -0.15) is 5.10 Å². The van der Waals surface area contributed by atoms with Gasteiger partial charge in [-0.25, -0.2) is 9.67 Å². The number of rotatable bonds is 7. The van der Waals surface area contributed by atoms with E-state index in [0.29, 0.717) is 18.7 Å². The fourth-order valence-corrected chi connectivity index (χ4v) is 3.69. The standard InChI is InChI=1S/C22H20N4OS/c27-22(20-16-28-21(24-20)15-17-7-3-1-4-8-17)23-13-11-18-12-14-26(25-18)19-9-5-2-6-10-19/h1-10,12,14,16H,11,13,15H2,(H,23,27). The van der Waals surface area contributed by atoms with Gasteiger partial charge < -0.3 is 5.32 Å². The van der Waals surface area contributed by atoms with Crippen LogP contribution in [0, 0.1) is 0 Å². The van der Waals surface area contributed by atoms with Crippen molar-refractivity contribution in [1.29, 1.82) is 0 Å². The number of benzene rings is 2. The first kappa shape index (κ1) is 18.1. The fourth-order valence-electron chi connectivity index (χ4n) is 2.88. The highest BCUT2D eigenvalue weighted by Crippen LogP contribution is 2.15. The lowest BCUT2D eigenvalue weighted by Gasteiger charge is -2.02. The molecule has 0 aliphatic heterocycles. The van der Waals surface area contributed by atoms with Crippen LogP contribution in [0.5, 0.6) is 0 Å². The van der Waals surface area contributed by atoms with Gasteiger partial charge in [-0.15, -0.1) is 11.3 Å². The van der Waals surface area contributed by atoms with Crippen molar-refractivity contribution in [1.82, 2.24) is 20.1 Å². The predicted octanol–water partition coefficient (Wildman–Crippen LogP) is 3.89. The van der Waals surface area contributed by atoms with E-state index in [-0.39, 0.29) is 5.91 Å². The zero-order valence-electron chi connectivity index (χ0n) is 15.3. The number of hydrogen-bond acceptors (Lipinski definition) is 4. The molecule has 2 aromatic heterocycles. The van der Waals surface area contributed by atoms with Gasteiger partial charge in [0, 0.05) is 31.0 Å². The van der Waals surface area contributed by atoms with Crippen LogP contribution in [-0.4, -0.2) is 27.2 Å². The molecule has 0 saturated heterocycles. The van der Waals surface area contributed by atoms with Crippen LogP contribution in [0.2, 0.25) is 0 Å². The Hall–Kier alpha value is -3.25.